The van der Waals surface area contributed by atoms with Crippen LogP contribution in [-0.2, 0) is 6.42 Å². The third-order valence-corrected chi connectivity index (χ3v) is 5.77. The Morgan fingerprint density at radius 2 is 2.00 bits per heavy atom. The van der Waals surface area contributed by atoms with E-state index in [1.807, 2.05) is 0 Å². The number of aromatic nitrogens is 2. The van der Waals surface area contributed by atoms with E-state index >= 15 is 0 Å². The summed E-state index contributed by atoms with van der Waals surface area (Å²) in [5.74, 6) is 0.136. The fourth-order valence-electron chi connectivity index (χ4n) is 4.10. The number of aryl methyl sites for hydroxylation is 1. The van der Waals surface area contributed by atoms with E-state index in [0.717, 1.165) is 77.1 Å². The highest BCUT2D eigenvalue weighted by Crippen LogP contribution is 2.23. The zero-order valence-corrected chi connectivity index (χ0v) is 16.4. The lowest BCUT2D eigenvalue weighted by Gasteiger charge is -2.38. The molecule has 0 N–H and O–H groups in total. The second-order valence-corrected chi connectivity index (χ2v) is 7.71. The third kappa shape index (κ3) is 4.80. The highest BCUT2D eigenvalue weighted by atomic mass is 16.2. The van der Waals surface area contributed by atoms with Crippen LogP contribution in [0.4, 0.5) is 0 Å². The molecule has 6 heteroatoms. The monoisotopic (exact) mass is 359 g/mol. The zero-order chi connectivity index (χ0) is 18.4. The molecule has 0 unspecified atom stereocenters. The Morgan fingerprint density at radius 3 is 2.77 bits per heavy atom. The van der Waals surface area contributed by atoms with Crippen LogP contribution in [0.2, 0.25) is 0 Å². The number of likely N-dealkylation sites (N-methyl/N-ethyl adjacent to an activating group) is 1. The number of nitrogens with zero attached hydrogens (tertiary/aromatic N) is 5. The van der Waals surface area contributed by atoms with Gasteiger partial charge in [-0.2, -0.15) is 0 Å². The number of amides is 1. The molecule has 2 aliphatic heterocycles. The number of piperazine rings is 1. The van der Waals surface area contributed by atoms with E-state index in [2.05, 4.69) is 38.6 Å². The Hall–Kier alpha value is -1.53. The van der Waals surface area contributed by atoms with E-state index in [1.165, 1.54) is 6.42 Å². The van der Waals surface area contributed by atoms with Gasteiger partial charge in [0.1, 0.15) is 6.33 Å². The Kier molecular flexibility index (Phi) is 6.97. The number of hydrogen-bond donors (Lipinski definition) is 0. The van der Waals surface area contributed by atoms with Gasteiger partial charge in [0, 0.05) is 51.5 Å². The lowest BCUT2D eigenvalue weighted by atomic mass is 9.97. The van der Waals surface area contributed by atoms with Crippen molar-refractivity contribution >= 4 is 5.91 Å². The van der Waals surface area contributed by atoms with Crippen LogP contribution in [0.1, 0.15) is 55.1 Å². The number of hydrogen-bond acceptors (Lipinski definition) is 5. The van der Waals surface area contributed by atoms with Crippen LogP contribution in [0.5, 0.6) is 0 Å². The molecule has 0 radical (unpaired) electrons. The van der Waals surface area contributed by atoms with E-state index in [4.69, 9.17) is 0 Å². The number of carbonyl (C=O) groups is 1. The summed E-state index contributed by atoms with van der Waals surface area (Å²) in [6.45, 7) is 8.66. The van der Waals surface area contributed by atoms with Gasteiger partial charge in [0.25, 0.3) is 5.91 Å². The van der Waals surface area contributed by atoms with Crippen LogP contribution in [0.3, 0.4) is 0 Å². The van der Waals surface area contributed by atoms with Crippen molar-refractivity contribution in [3.8, 4) is 0 Å². The Labute approximate surface area is 157 Å². The molecule has 2 saturated heterocycles. The van der Waals surface area contributed by atoms with Crippen molar-refractivity contribution in [1.29, 1.82) is 0 Å². The molecule has 0 spiro atoms. The molecule has 2 aliphatic rings. The van der Waals surface area contributed by atoms with E-state index < -0.39 is 0 Å². The number of carbonyl (C=O) groups excluding carboxylic acids is 1. The fourth-order valence-corrected chi connectivity index (χ4v) is 4.10. The van der Waals surface area contributed by atoms with Gasteiger partial charge in [-0.15, -0.1) is 0 Å². The molecule has 0 saturated carbocycles. The minimum absolute atomic E-state index is 0.136. The minimum atomic E-state index is 0.136. The minimum Gasteiger partial charge on any atom is -0.336 e. The van der Waals surface area contributed by atoms with Gasteiger partial charge in [0.2, 0.25) is 0 Å². The second kappa shape index (κ2) is 9.42. The summed E-state index contributed by atoms with van der Waals surface area (Å²) in [4.78, 5) is 28.8. The lowest BCUT2D eigenvalue weighted by Crippen LogP contribution is -2.48. The molecular weight excluding hydrogens is 326 g/mol. The largest absolute Gasteiger partial charge is 0.336 e. The molecule has 0 aromatic carbocycles. The summed E-state index contributed by atoms with van der Waals surface area (Å²) in [6.07, 6.45) is 9.63. The van der Waals surface area contributed by atoms with Gasteiger partial charge in [-0.05, 0) is 39.2 Å². The van der Waals surface area contributed by atoms with E-state index in [0.29, 0.717) is 11.6 Å². The maximum Gasteiger partial charge on any atom is 0.257 e. The summed E-state index contributed by atoms with van der Waals surface area (Å²) < 4.78 is 0. The highest BCUT2D eigenvalue weighted by molar-refractivity contribution is 5.95. The van der Waals surface area contributed by atoms with Crippen molar-refractivity contribution in [2.24, 2.45) is 0 Å². The van der Waals surface area contributed by atoms with Crippen LogP contribution in [0.15, 0.2) is 12.5 Å². The Morgan fingerprint density at radius 1 is 1.19 bits per heavy atom. The first-order chi connectivity index (χ1) is 12.7. The van der Waals surface area contributed by atoms with Crippen LogP contribution in [0.25, 0.3) is 0 Å². The van der Waals surface area contributed by atoms with Crippen molar-refractivity contribution < 1.29 is 4.79 Å². The molecule has 26 heavy (non-hydrogen) atoms. The summed E-state index contributed by atoms with van der Waals surface area (Å²) in [6, 6.07) is 0.352. The first-order valence-electron chi connectivity index (χ1n) is 10.2. The third-order valence-electron chi connectivity index (χ3n) is 5.77. The molecule has 1 aromatic rings. The molecule has 144 valence electrons. The normalized spacial score (nSPS) is 22.5. The summed E-state index contributed by atoms with van der Waals surface area (Å²) in [5, 5.41) is 0. The summed E-state index contributed by atoms with van der Waals surface area (Å²) in [7, 11) is 2.19. The zero-order valence-electron chi connectivity index (χ0n) is 16.4. The second-order valence-electron chi connectivity index (χ2n) is 7.71. The van der Waals surface area contributed by atoms with Gasteiger partial charge in [0.15, 0.2) is 0 Å². The molecule has 0 aliphatic carbocycles. The van der Waals surface area contributed by atoms with Gasteiger partial charge in [0.05, 0.1) is 11.3 Å². The van der Waals surface area contributed by atoms with Crippen molar-refractivity contribution in [1.82, 2.24) is 24.7 Å². The van der Waals surface area contributed by atoms with Crippen molar-refractivity contribution in [3.05, 3.63) is 23.8 Å². The maximum absolute atomic E-state index is 13.2. The lowest BCUT2D eigenvalue weighted by molar-refractivity contribution is 0.0567. The maximum atomic E-state index is 13.2. The molecule has 2 fully saturated rings. The Balaban J connectivity index is 1.64. The standard InChI is InChI=1S/C20H33N5O/c1-3-6-19-18(15-21-16-22-19)20(26)25-9-5-4-7-17(25)8-10-24-13-11-23(2)12-14-24/h15-17H,3-14H2,1-2H3/t17-/m1/s1. The molecule has 3 heterocycles. The summed E-state index contributed by atoms with van der Waals surface area (Å²) in [5.41, 5.74) is 1.61. The van der Waals surface area contributed by atoms with Crippen LogP contribution >= 0.6 is 0 Å². The average molecular weight is 360 g/mol. The van der Waals surface area contributed by atoms with Gasteiger partial charge in [-0.3, -0.25) is 4.79 Å². The predicted octanol–water partition coefficient (Wildman–Crippen LogP) is 2.06. The van der Waals surface area contributed by atoms with Crippen molar-refractivity contribution in [2.45, 2.75) is 51.5 Å². The SMILES string of the molecule is CCCc1ncncc1C(=O)N1CCCC[C@@H]1CCN1CCN(C)CC1. The van der Waals surface area contributed by atoms with Gasteiger partial charge < -0.3 is 14.7 Å². The van der Waals surface area contributed by atoms with Crippen LogP contribution < -0.4 is 0 Å². The molecule has 3 rings (SSSR count). The first kappa shape index (κ1) is 19.2. The average Bonchev–Trinajstić information content (AvgIpc) is 2.68. The number of piperidine rings is 1. The van der Waals surface area contributed by atoms with Gasteiger partial charge in [-0.25, -0.2) is 9.97 Å². The van der Waals surface area contributed by atoms with Crippen molar-refractivity contribution in [2.75, 3.05) is 46.3 Å². The predicted molar refractivity (Wildman–Crippen MR) is 103 cm³/mol. The smallest absolute Gasteiger partial charge is 0.257 e. The number of likely N-dealkylation sites (tertiary alicyclic amines) is 1. The molecule has 0 bridgehead atoms. The first-order valence-corrected chi connectivity index (χ1v) is 10.2. The van der Waals surface area contributed by atoms with Gasteiger partial charge >= 0.3 is 0 Å². The van der Waals surface area contributed by atoms with Crippen molar-refractivity contribution in [3.63, 3.8) is 0 Å². The number of rotatable bonds is 6. The molecule has 1 aromatic heterocycles. The molecule has 6 nitrogen and oxygen atoms in total. The van der Waals surface area contributed by atoms with E-state index in [1.54, 1.807) is 12.5 Å². The quantitative estimate of drug-likeness (QED) is 0.778. The highest BCUT2D eigenvalue weighted by Gasteiger charge is 2.29. The fraction of sp³-hybridized carbons (Fsp3) is 0.750. The molecule has 1 amide bonds. The van der Waals surface area contributed by atoms with E-state index in [-0.39, 0.29) is 5.91 Å². The summed E-state index contributed by atoms with van der Waals surface area (Å²) >= 11 is 0. The van der Waals surface area contributed by atoms with Gasteiger partial charge in [-0.1, -0.05) is 13.3 Å². The molecule has 1 atom stereocenters. The topological polar surface area (TPSA) is 52.6 Å². The van der Waals surface area contributed by atoms with Crippen LogP contribution in [-0.4, -0.2) is 82.9 Å². The van der Waals surface area contributed by atoms with Crippen LogP contribution in [0, 0.1) is 0 Å². The van der Waals surface area contributed by atoms with E-state index in [9.17, 15) is 4.79 Å². The molecular formula is C20H33N5O. The Bertz CT molecular complexity index is 585.